The van der Waals surface area contributed by atoms with Crippen LogP contribution in [0.2, 0.25) is 5.02 Å². The molecule has 2 atom stereocenters. The molecule has 0 aromatic heterocycles. The molecule has 1 heterocycles. The molecule has 35 heavy (non-hydrogen) atoms. The third-order valence-corrected chi connectivity index (χ3v) is 6.52. The van der Waals surface area contributed by atoms with Crippen LogP contribution in [0.4, 0.5) is 8.78 Å². The summed E-state index contributed by atoms with van der Waals surface area (Å²) in [5.74, 6) is -1.48. The van der Waals surface area contributed by atoms with E-state index in [2.05, 4.69) is 0 Å². The lowest BCUT2D eigenvalue weighted by atomic mass is 9.83. The first-order valence-electron chi connectivity index (χ1n) is 11.4. The summed E-state index contributed by atoms with van der Waals surface area (Å²) in [6.45, 7) is 5.21. The molecule has 0 bridgehead atoms. The van der Waals surface area contributed by atoms with Crippen molar-refractivity contribution in [3.05, 3.63) is 98.6 Å². The van der Waals surface area contributed by atoms with Gasteiger partial charge in [-0.1, -0.05) is 41.9 Å². The number of aliphatic hydroxyl groups is 1. The Bertz CT molecular complexity index is 1210. The maximum absolute atomic E-state index is 14.6. The molecule has 0 spiro atoms. The van der Waals surface area contributed by atoms with Crippen LogP contribution in [0.25, 0.3) is 0 Å². The highest BCUT2D eigenvalue weighted by atomic mass is 35.5. The number of hydrogen-bond donors (Lipinski definition) is 1. The van der Waals surface area contributed by atoms with Gasteiger partial charge in [-0.05, 0) is 66.8 Å². The van der Waals surface area contributed by atoms with E-state index in [1.54, 1.807) is 44.2 Å². The number of halogens is 3. The van der Waals surface area contributed by atoms with Crippen molar-refractivity contribution in [1.29, 1.82) is 0 Å². The lowest BCUT2D eigenvalue weighted by Crippen LogP contribution is -2.36. The summed E-state index contributed by atoms with van der Waals surface area (Å²) in [7, 11) is 0. The molecular weight excluding hydrogens is 474 g/mol. The minimum absolute atomic E-state index is 0.0180. The van der Waals surface area contributed by atoms with Crippen molar-refractivity contribution in [2.75, 3.05) is 6.61 Å². The van der Waals surface area contributed by atoms with Gasteiger partial charge in [0, 0.05) is 17.9 Å². The van der Waals surface area contributed by atoms with Crippen LogP contribution < -0.4 is 4.74 Å². The number of aryl methyl sites for hydroxylation is 3. The fourth-order valence-electron chi connectivity index (χ4n) is 4.39. The first kappa shape index (κ1) is 25.1. The summed E-state index contributed by atoms with van der Waals surface area (Å²) in [5.41, 5.74) is 3.70. The SMILES string of the molecule is Cc1cc(Cl)c(OC[C@@H]2C[C@@H](O)CC(=O)O2)c(C(c2ccc(C)c(F)c2)c2ccc(C)c(F)c2)c1. The Balaban J connectivity index is 1.81. The number of carbonyl (C=O) groups is 1. The summed E-state index contributed by atoms with van der Waals surface area (Å²) in [5, 5.41) is 10.2. The van der Waals surface area contributed by atoms with E-state index >= 15 is 0 Å². The van der Waals surface area contributed by atoms with Crippen LogP contribution in [0.3, 0.4) is 0 Å². The van der Waals surface area contributed by atoms with E-state index in [0.717, 1.165) is 5.56 Å². The second kappa shape index (κ2) is 10.3. The molecule has 0 radical (unpaired) electrons. The second-order valence-electron chi connectivity index (χ2n) is 9.13. The van der Waals surface area contributed by atoms with E-state index in [0.29, 0.717) is 38.6 Å². The highest BCUT2D eigenvalue weighted by Gasteiger charge is 2.29. The third kappa shape index (κ3) is 5.65. The standard InChI is InChI=1S/C28H27ClF2O4/c1-15-8-22(28(23(29)9-15)34-14-21-12-20(32)13-26(33)35-21)27(18-6-4-16(2)24(30)10-18)19-7-5-17(3)25(31)11-19/h4-11,20-21,27,32H,12-14H2,1-3H3/t20-,21+/m1/s1. The largest absolute Gasteiger partial charge is 0.488 e. The first-order valence-corrected chi connectivity index (χ1v) is 11.8. The summed E-state index contributed by atoms with van der Waals surface area (Å²) >= 11 is 6.61. The molecule has 1 N–H and O–H groups in total. The zero-order valence-electron chi connectivity index (χ0n) is 19.8. The number of cyclic esters (lactones) is 1. The van der Waals surface area contributed by atoms with Crippen LogP contribution in [0.15, 0.2) is 48.5 Å². The Kier molecular flexibility index (Phi) is 7.43. The molecule has 1 saturated heterocycles. The monoisotopic (exact) mass is 500 g/mol. The molecule has 7 heteroatoms. The highest BCUT2D eigenvalue weighted by Crippen LogP contribution is 2.42. The highest BCUT2D eigenvalue weighted by molar-refractivity contribution is 6.32. The average Bonchev–Trinajstić information content (AvgIpc) is 2.77. The Hall–Kier alpha value is -2.96. The number of esters is 1. The molecule has 3 aromatic carbocycles. The summed E-state index contributed by atoms with van der Waals surface area (Å²) in [4.78, 5) is 11.7. The lowest BCUT2D eigenvalue weighted by Gasteiger charge is -2.28. The maximum atomic E-state index is 14.6. The molecule has 0 saturated carbocycles. The number of rotatable bonds is 6. The smallest absolute Gasteiger partial charge is 0.308 e. The number of ether oxygens (including phenoxy) is 2. The molecule has 4 rings (SSSR count). The predicted octanol–water partition coefficient (Wildman–Crippen LogP) is 6.17. The molecule has 0 aliphatic carbocycles. The minimum Gasteiger partial charge on any atom is -0.488 e. The van der Waals surface area contributed by atoms with Gasteiger partial charge in [0.15, 0.2) is 0 Å². The van der Waals surface area contributed by atoms with Gasteiger partial charge in [0.1, 0.15) is 30.1 Å². The van der Waals surface area contributed by atoms with Crippen molar-refractivity contribution in [1.82, 2.24) is 0 Å². The number of carbonyl (C=O) groups excluding carboxylic acids is 1. The van der Waals surface area contributed by atoms with Crippen LogP contribution in [0.5, 0.6) is 5.75 Å². The van der Waals surface area contributed by atoms with Crippen LogP contribution in [0, 0.1) is 32.4 Å². The van der Waals surface area contributed by atoms with Crippen molar-refractivity contribution in [3.63, 3.8) is 0 Å². The van der Waals surface area contributed by atoms with E-state index < -0.39 is 24.1 Å². The number of hydrogen-bond acceptors (Lipinski definition) is 4. The molecule has 0 amide bonds. The molecule has 0 unspecified atom stereocenters. The van der Waals surface area contributed by atoms with E-state index in [4.69, 9.17) is 21.1 Å². The number of aliphatic hydroxyl groups excluding tert-OH is 1. The van der Waals surface area contributed by atoms with Gasteiger partial charge in [0.25, 0.3) is 0 Å². The van der Waals surface area contributed by atoms with Gasteiger partial charge in [-0.3, -0.25) is 4.79 Å². The zero-order valence-corrected chi connectivity index (χ0v) is 20.5. The molecule has 3 aromatic rings. The molecule has 184 valence electrons. The Morgan fingerprint density at radius 2 is 1.63 bits per heavy atom. The van der Waals surface area contributed by atoms with Crippen molar-refractivity contribution < 1.29 is 28.2 Å². The van der Waals surface area contributed by atoms with Gasteiger partial charge in [0.2, 0.25) is 0 Å². The minimum atomic E-state index is -0.795. The van der Waals surface area contributed by atoms with Crippen molar-refractivity contribution in [3.8, 4) is 5.75 Å². The summed E-state index contributed by atoms with van der Waals surface area (Å²) < 4.78 is 40.7. The topological polar surface area (TPSA) is 55.8 Å². The van der Waals surface area contributed by atoms with Gasteiger partial charge >= 0.3 is 5.97 Å². The van der Waals surface area contributed by atoms with Crippen LogP contribution >= 0.6 is 11.6 Å². The van der Waals surface area contributed by atoms with E-state index in [9.17, 15) is 18.7 Å². The lowest BCUT2D eigenvalue weighted by molar-refractivity contribution is -0.162. The normalized spacial score (nSPS) is 18.0. The first-order chi connectivity index (χ1) is 16.6. The van der Waals surface area contributed by atoms with Crippen LogP contribution in [0.1, 0.15) is 52.1 Å². The summed E-state index contributed by atoms with van der Waals surface area (Å²) in [6.07, 6.45) is -1.23. The summed E-state index contributed by atoms with van der Waals surface area (Å²) in [6, 6.07) is 13.5. The molecule has 4 nitrogen and oxygen atoms in total. The third-order valence-electron chi connectivity index (χ3n) is 6.24. The fraction of sp³-hybridized carbons (Fsp3) is 0.321. The van der Waals surface area contributed by atoms with Gasteiger partial charge in [-0.25, -0.2) is 8.78 Å². The quantitative estimate of drug-likeness (QED) is 0.325. The molecule has 1 fully saturated rings. The zero-order chi connectivity index (χ0) is 25.3. The maximum Gasteiger partial charge on any atom is 0.308 e. The van der Waals surface area contributed by atoms with Crippen molar-refractivity contribution >= 4 is 17.6 Å². The van der Waals surface area contributed by atoms with Crippen LogP contribution in [-0.2, 0) is 9.53 Å². The molecule has 1 aliphatic heterocycles. The van der Waals surface area contributed by atoms with Gasteiger partial charge in [0.05, 0.1) is 17.5 Å². The van der Waals surface area contributed by atoms with Gasteiger partial charge in [-0.2, -0.15) is 0 Å². The second-order valence-corrected chi connectivity index (χ2v) is 9.54. The van der Waals surface area contributed by atoms with Crippen molar-refractivity contribution in [2.24, 2.45) is 0 Å². The number of benzene rings is 3. The van der Waals surface area contributed by atoms with E-state index in [-0.39, 0.29) is 31.1 Å². The Labute approximate surface area is 208 Å². The van der Waals surface area contributed by atoms with Gasteiger partial charge < -0.3 is 14.6 Å². The fourth-order valence-corrected chi connectivity index (χ4v) is 4.73. The predicted molar refractivity (Wildman–Crippen MR) is 130 cm³/mol. The van der Waals surface area contributed by atoms with E-state index in [1.165, 1.54) is 12.1 Å². The van der Waals surface area contributed by atoms with Gasteiger partial charge in [-0.15, -0.1) is 0 Å². The van der Waals surface area contributed by atoms with Crippen LogP contribution in [-0.4, -0.2) is 29.9 Å². The Morgan fingerprint density at radius 1 is 1.03 bits per heavy atom. The Morgan fingerprint density at radius 3 is 2.17 bits per heavy atom. The molecular formula is C28H27ClF2O4. The molecule has 1 aliphatic rings. The average molecular weight is 501 g/mol. The van der Waals surface area contributed by atoms with E-state index in [1.807, 2.05) is 13.0 Å². The van der Waals surface area contributed by atoms with Crippen molar-refractivity contribution in [2.45, 2.75) is 51.7 Å².